The zero-order valence-corrected chi connectivity index (χ0v) is 13.2. The van der Waals surface area contributed by atoms with Crippen molar-refractivity contribution in [3.8, 4) is 0 Å². The minimum absolute atomic E-state index is 0.562. The van der Waals surface area contributed by atoms with Crippen LogP contribution in [0.1, 0.15) is 24.5 Å². The predicted molar refractivity (Wildman–Crippen MR) is 91.3 cm³/mol. The molecule has 21 heavy (non-hydrogen) atoms. The first kappa shape index (κ1) is 14.6. The van der Waals surface area contributed by atoms with Gasteiger partial charge in [0.1, 0.15) is 6.33 Å². The van der Waals surface area contributed by atoms with Crippen molar-refractivity contribution < 1.29 is 0 Å². The molecular formula is C16H22N4S. The van der Waals surface area contributed by atoms with Gasteiger partial charge < -0.3 is 10.6 Å². The Bertz CT molecular complexity index is 596. The van der Waals surface area contributed by atoms with Crippen LogP contribution in [-0.2, 0) is 0 Å². The molecule has 3 rings (SSSR count). The van der Waals surface area contributed by atoms with Crippen LogP contribution < -0.4 is 10.6 Å². The first-order chi connectivity index (χ1) is 10.4. The van der Waals surface area contributed by atoms with Crippen LogP contribution in [0.4, 0.5) is 5.69 Å². The van der Waals surface area contributed by atoms with Gasteiger partial charge in [0.25, 0.3) is 0 Å². The fraction of sp³-hybridized carbons (Fsp3) is 0.500. The van der Waals surface area contributed by atoms with E-state index in [2.05, 4.69) is 45.1 Å². The van der Waals surface area contributed by atoms with Gasteiger partial charge in [0.2, 0.25) is 0 Å². The first-order valence-corrected chi connectivity index (χ1v) is 8.96. The van der Waals surface area contributed by atoms with Gasteiger partial charge in [-0.2, -0.15) is 11.8 Å². The van der Waals surface area contributed by atoms with Crippen molar-refractivity contribution in [2.24, 2.45) is 0 Å². The Morgan fingerprint density at radius 3 is 2.95 bits per heavy atom. The highest BCUT2D eigenvalue weighted by atomic mass is 32.2. The fourth-order valence-electron chi connectivity index (χ4n) is 2.91. The number of rotatable bonds is 5. The Kier molecular flexibility index (Phi) is 4.93. The molecule has 5 heteroatoms. The molecule has 2 heterocycles. The predicted octanol–water partition coefficient (Wildman–Crippen LogP) is 2.87. The number of piperidine rings is 1. The van der Waals surface area contributed by atoms with E-state index in [0.717, 1.165) is 36.6 Å². The second-order valence-electron chi connectivity index (χ2n) is 5.43. The summed E-state index contributed by atoms with van der Waals surface area (Å²) in [5.74, 6) is 1.68. The van der Waals surface area contributed by atoms with Gasteiger partial charge in [-0.15, -0.1) is 0 Å². The van der Waals surface area contributed by atoms with E-state index in [9.17, 15) is 0 Å². The van der Waals surface area contributed by atoms with Crippen molar-refractivity contribution >= 4 is 28.4 Å². The highest BCUT2D eigenvalue weighted by molar-refractivity contribution is 7.98. The minimum Gasteiger partial charge on any atom is -0.384 e. The lowest BCUT2D eigenvalue weighted by molar-refractivity contribution is 0.455. The Balaban J connectivity index is 1.85. The molecule has 1 aliphatic rings. The summed E-state index contributed by atoms with van der Waals surface area (Å²) in [5.41, 5.74) is 3.41. The lowest BCUT2D eigenvalue weighted by atomic mass is 9.92. The third-order valence-electron chi connectivity index (χ3n) is 4.03. The fourth-order valence-corrected chi connectivity index (χ4v) is 3.21. The highest BCUT2D eigenvalue weighted by Gasteiger charge is 2.19. The molecule has 0 aliphatic carbocycles. The maximum atomic E-state index is 4.57. The van der Waals surface area contributed by atoms with E-state index in [-0.39, 0.29) is 0 Å². The topological polar surface area (TPSA) is 49.8 Å². The monoisotopic (exact) mass is 302 g/mol. The molecule has 1 fully saturated rings. The summed E-state index contributed by atoms with van der Waals surface area (Å²) in [5, 5.41) is 8.07. The van der Waals surface area contributed by atoms with Crippen LogP contribution >= 0.6 is 11.8 Å². The molecular weight excluding hydrogens is 280 g/mol. The van der Waals surface area contributed by atoms with Crippen LogP contribution in [0.2, 0.25) is 0 Å². The van der Waals surface area contributed by atoms with E-state index in [1.807, 2.05) is 11.8 Å². The number of hydrogen-bond donors (Lipinski definition) is 2. The van der Waals surface area contributed by atoms with E-state index >= 15 is 0 Å². The lowest BCUT2D eigenvalue weighted by Gasteiger charge is -2.23. The van der Waals surface area contributed by atoms with Crippen LogP contribution in [0.5, 0.6) is 0 Å². The molecule has 2 N–H and O–H groups in total. The van der Waals surface area contributed by atoms with Gasteiger partial charge in [-0.3, -0.25) is 0 Å². The Hall–Kier alpha value is -1.33. The molecule has 0 saturated carbocycles. The van der Waals surface area contributed by atoms with Crippen molar-refractivity contribution in [1.82, 2.24) is 15.3 Å². The molecule has 0 radical (unpaired) electrons. The largest absolute Gasteiger partial charge is 0.384 e. The molecule has 0 spiro atoms. The summed E-state index contributed by atoms with van der Waals surface area (Å²) in [6.45, 7) is 3.16. The van der Waals surface area contributed by atoms with Crippen LogP contribution in [-0.4, -0.2) is 41.6 Å². The average molecular weight is 302 g/mol. The summed E-state index contributed by atoms with van der Waals surface area (Å²) in [4.78, 5) is 9.03. The number of thioether (sulfide) groups is 1. The Morgan fingerprint density at radius 2 is 2.14 bits per heavy atom. The van der Waals surface area contributed by atoms with Crippen LogP contribution in [0.15, 0.2) is 24.5 Å². The molecule has 0 bridgehead atoms. The molecule has 0 atom stereocenters. The molecule has 2 aromatic rings. The van der Waals surface area contributed by atoms with Gasteiger partial charge in [-0.25, -0.2) is 9.97 Å². The average Bonchev–Trinajstić information content (AvgIpc) is 2.55. The zero-order chi connectivity index (χ0) is 14.5. The van der Waals surface area contributed by atoms with Crippen molar-refractivity contribution in [1.29, 1.82) is 0 Å². The third-order valence-corrected chi connectivity index (χ3v) is 4.64. The van der Waals surface area contributed by atoms with Crippen molar-refractivity contribution in [2.45, 2.75) is 18.8 Å². The molecule has 112 valence electrons. The van der Waals surface area contributed by atoms with Gasteiger partial charge >= 0.3 is 0 Å². The molecule has 0 unspecified atom stereocenters. The standard InChI is InChI=1S/C16H22N4S/c1-21-9-8-18-13-2-3-14-15(10-13)19-11-20-16(14)12-4-6-17-7-5-12/h2-3,10-12,17-18H,4-9H2,1H3. The van der Waals surface area contributed by atoms with E-state index in [4.69, 9.17) is 0 Å². The molecule has 1 saturated heterocycles. The number of aromatic nitrogens is 2. The van der Waals surface area contributed by atoms with Gasteiger partial charge in [-0.05, 0) is 50.4 Å². The van der Waals surface area contributed by atoms with Crippen LogP contribution in [0.3, 0.4) is 0 Å². The van der Waals surface area contributed by atoms with Gasteiger partial charge in [-0.1, -0.05) is 0 Å². The van der Waals surface area contributed by atoms with Crippen LogP contribution in [0.25, 0.3) is 10.9 Å². The van der Waals surface area contributed by atoms with Gasteiger partial charge in [0.15, 0.2) is 0 Å². The SMILES string of the molecule is CSCCNc1ccc2c(C3CCNCC3)ncnc2c1. The quantitative estimate of drug-likeness (QED) is 0.832. The maximum Gasteiger partial charge on any atom is 0.116 e. The number of anilines is 1. The summed E-state index contributed by atoms with van der Waals surface area (Å²) < 4.78 is 0. The maximum absolute atomic E-state index is 4.57. The number of fused-ring (bicyclic) bond motifs is 1. The van der Waals surface area contributed by atoms with Crippen molar-refractivity contribution in [2.75, 3.05) is 37.0 Å². The molecule has 4 nitrogen and oxygen atoms in total. The molecule has 1 aliphatic heterocycles. The number of nitrogens with one attached hydrogen (secondary N) is 2. The van der Waals surface area contributed by atoms with E-state index < -0.39 is 0 Å². The second-order valence-corrected chi connectivity index (χ2v) is 6.42. The van der Waals surface area contributed by atoms with Crippen molar-refractivity contribution in [3.05, 3.63) is 30.2 Å². The molecule has 1 aromatic heterocycles. The Labute approximate surface area is 130 Å². The number of hydrogen-bond acceptors (Lipinski definition) is 5. The first-order valence-electron chi connectivity index (χ1n) is 7.56. The molecule has 0 amide bonds. The normalized spacial score (nSPS) is 16.2. The number of nitrogens with zero attached hydrogens (tertiary/aromatic N) is 2. The van der Waals surface area contributed by atoms with Crippen LogP contribution in [0, 0.1) is 0 Å². The van der Waals surface area contributed by atoms with E-state index in [0.29, 0.717) is 5.92 Å². The van der Waals surface area contributed by atoms with Gasteiger partial charge in [0.05, 0.1) is 11.2 Å². The summed E-state index contributed by atoms with van der Waals surface area (Å²) >= 11 is 1.85. The third kappa shape index (κ3) is 3.47. The van der Waals surface area contributed by atoms with E-state index in [1.54, 1.807) is 6.33 Å². The highest BCUT2D eigenvalue weighted by Crippen LogP contribution is 2.29. The van der Waals surface area contributed by atoms with E-state index in [1.165, 1.54) is 23.9 Å². The minimum atomic E-state index is 0.562. The second kappa shape index (κ2) is 7.09. The number of benzene rings is 1. The summed E-state index contributed by atoms with van der Waals surface area (Å²) in [7, 11) is 0. The van der Waals surface area contributed by atoms with Gasteiger partial charge in [0, 0.05) is 29.3 Å². The summed E-state index contributed by atoms with van der Waals surface area (Å²) in [6.07, 6.45) is 6.17. The smallest absolute Gasteiger partial charge is 0.116 e. The zero-order valence-electron chi connectivity index (χ0n) is 12.4. The lowest BCUT2D eigenvalue weighted by Crippen LogP contribution is -2.27. The Morgan fingerprint density at radius 1 is 1.29 bits per heavy atom. The molecule has 1 aromatic carbocycles. The summed E-state index contributed by atoms with van der Waals surface area (Å²) in [6, 6.07) is 6.46. The van der Waals surface area contributed by atoms with Crippen molar-refractivity contribution in [3.63, 3.8) is 0 Å².